The van der Waals surface area contributed by atoms with Gasteiger partial charge in [-0.2, -0.15) is 22.7 Å². The van der Waals surface area contributed by atoms with Crippen molar-refractivity contribution in [3.05, 3.63) is 36.9 Å². The van der Waals surface area contributed by atoms with Crippen molar-refractivity contribution in [3.63, 3.8) is 0 Å². The first kappa shape index (κ1) is 24.9. The third-order valence-corrected chi connectivity index (χ3v) is 6.07. The van der Waals surface area contributed by atoms with Gasteiger partial charge in [0.05, 0.1) is 13.2 Å². The van der Waals surface area contributed by atoms with Gasteiger partial charge in [0, 0.05) is 31.0 Å². The topological polar surface area (TPSA) is 75.5 Å². The lowest BCUT2D eigenvalue weighted by atomic mass is 9.64. The molecule has 0 bridgehead atoms. The van der Waals surface area contributed by atoms with Gasteiger partial charge in [-0.25, -0.2) is 4.98 Å². The molecule has 1 aliphatic rings. The molecule has 0 amide bonds. The van der Waals surface area contributed by atoms with Crippen molar-refractivity contribution >= 4 is 5.78 Å². The van der Waals surface area contributed by atoms with Gasteiger partial charge in [-0.15, -0.1) is 0 Å². The Morgan fingerprint density at radius 2 is 1.94 bits per heavy atom. The van der Waals surface area contributed by atoms with Crippen molar-refractivity contribution in [3.8, 4) is 11.5 Å². The summed E-state index contributed by atoms with van der Waals surface area (Å²) in [7, 11) is 1.60. The van der Waals surface area contributed by atoms with Crippen LogP contribution in [0.3, 0.4) is 0 Å². The predicted octanol–water partition coefficient (Wildman–Crippen LogP) is 4.23. The summed E-state index contributed by atoms with van der Waals surface area (Å²) in [6.07, 6.45) is -3.50. The van der Waals surface area contributed by atoms with Crippen molar-refractivity contribution in [2.45, 2.75) is 45.3 Å². The minimum atomic E-state index is -4.57. The zero-order chi connectivity index (χ0) is 24.1. The number of carbonyl (C=O) groups excluding carboxylic acids is 1. The molecular weight excluding hydrogens is 446 g/mol. The van der Waals surface area contributed by atoms with Crippen LogP contribution >= 0.6 is 0 Å². The molecule has 1 aromatic heterocycles. The number of benzene rings is 1. The lowest BCUT2D eigenvalue weighted by Crippen LogP contribution is -2.46. The number of hydrogen-bond donors (Lipinski definition) is 0. The van der Waals surface area contributed by atoms with E-state index in [0.717, 1.165) is 18.6 Å². The summed E-state index contributed by atoms with van der Waals surface area (Å²) in [4.78, 5) is 17.4. The maximum Gasteiger partial charge on any atom is 0.461 e. The van der Waals surface area contributed by atoms with E-state index in [9.17, 15) is 22.4 Å². The van der Waals surface area contributed by atoms with Crippen molar-refractivity contribution in [2.24, 2.45) is 17.3 Å². The first-order valence-electron chi connectivity index (χ1n) is 10.6. The highest BCUT2D eigenvalue weighted by atomic mass is 19.3. The number of alkyl halides is 4. The normalized spacial score (nSPS) is 23.7. The molecule has 2 aromatic rings. The Hall–Kier alpha value is -2.69. The van der Waals surface area contributed by atoms with E-state index in [1.54, 1.807) is 18.1 Å². The monoisotopic (exact) mass is 473 g/mol. The molecule has 0 spiro atoms. The van der Waals surface area contributed by atoms with E-state index in [-0.39, 0.29) is 24.2 Å². The maximum absolute atomic E-state index is 13.4. The molecule has 3 rings (SSSR count). The molecular formula is C22H27F4N3O4. The SMILES string of the molecule is COCC[C@]1(C)CC[C@@H](COc2ccc(OC(F)(F)C(F)F)cc2)[C@H](Cn2cncn2)C1=O. The van der Waals surface area contributed by atoms with Gasteiger partial charge in [0.25, 0.3) is 0 Å². The van der Waals surface area contributed by atoms with Crippen LogP contribution in [0.5, 0.6) is 11.5 Å². The molecule has 0 saturated heterocycles. The molecule has 33 heavy (non-hydrogen) atoms. The predicted molar refractivity (Wildman–Crippen MR) is 109 cm³/mol. The van der Waals surface area contributed by atoms with Crippen molar-refractivity contribution < 1.29 is 36.6 Å². The summed E-state index contributed by atoms with van der Waals surface area (Å²) in [5.41, 5.74) is -0.507. The first-order valence-corrected chi connectivity index (χ1v) is 10.6. The minimum Gasteiger partial charge on any atom is -0.493 e. The number of rotatable bonds is 11. The lowest BCUT2D eigenvalue weighted by molar-refractivity contribution is -0.253. The van der Waals surface area contributed by atoms with E-state index < -0.39 is 23.7 Å². The van der Waals surface area contributed by atoms with Crippen LogP contribution in [0, 0.1) is 17.3 Å². The summed E-state index contributed by atoms with van der Waals surface area (Å²) < 4.78 is 67.3. The Bertz CT molecular complexity index is 896. The molecule has 3 atom stereocenters. The van der Waals surface area contributed by atoms with Gasteiger partial charge in [0.2, 0.25) is 0 Å². The summed E-state index contributed by atoms with van der Waals surface area (Å²) in [6, 6.07) is 4.98. The van der Waals surface area contributed by atoms with Crippen LogP contribution in [-0.4, -0.2) is 53.4 Å². The number of nitrogens with zero attached hydrogens (tertiary/aromatic N) is 3. The van der Waals surface area contributed by atoms with Crippen LogP contribution in [0.25, 0.3) is 0 Å². The van der Waals surface area contributed by atoms with Crippen LogP contribution in [-0.2, 0) is 16.1 Å². The minimum absolute atomic E-state index is 0.101. The molecule has 0 radical (unpaired) electrons. The number of methoxy groups -OCH3 is 1. The number of hydrogen-bond acceptors (Lipinski definition) is 6. The molecule has 1 fully saturated rings. The van der Waals surface area contributed by atoms with Crippen LogP contribution in [0.2, 0.25) is 0 Å². The summed E-state index contributed by atoms with van der Waals surface area (Å²) >= 11 is 0. The Kier molecular flexibility index (Phi) is 7.93. The Labute approximate surface area is 189 Å². The maximum atomic E-state index is 13.4. The number of ketones is 1. The van der Waals surface area contributed by atoms with E-state index in [0.29, 0.717) is 31.7 Å². The van der Waals surface area contributed by atoms with Crippen molar-refractivity contribution in [2.75, 3.05) is 20.3 Å². The number of Topliss-reactive ketones (excluding diaryl/α,β-unsaturated/α-hetero) is 1. The molecule has 11 heteroatoms. The van der Waals surface area contributed by atoms with E-state index in [1.807, 2.05) is 6.92 Å². The second-order valence-corrected chi connectivity index (χ2v) is 8.44. The zero-order valence-electron chi connectivity index (χ0n) is 18.4. The molecule has 0 aliphatic heterocycles. The van der Waals surface area contributed by atoms with Gasteiger partial charge in [0.15, 0.2) is 0 Å². The largest absolute Gasteiger partial charge is 0.493 e. The Morgan fingerprint density at radius 3 is 2.55 bits per heavy atom. The van der Waals surface area contributed by atoms with Gasteiger partial charge in [-0.05, 0) is 43.5 Å². The van der Waals surface area contributed by atoms with E-state index in [2.05, 4.69) is 14.8 Å². The van der Waals surface area contributed by atoms with E-state index in [1.165, 1.54) is 18.5 Å². The fourth-order valence-corrected chi connectivity index (χ4v) is 4.03. The Morgan fingerprint density at radius 1 is 1.24 bits per heavy atom. The summed E-state index contributed by atoms with van der Waals surface area (Å²) in [6.45, 7) is 3.02. The average molecular weight is 473 g/mol. The highest BCUT2D eigenvalue weighted by molar-refractivity contribution is 5.87. The van der Waals surface area contributed by atoms with Crippen molar-refractivity contribution in [1.82, 2.24) is 14.8 Å². The number of halogens is 4. The molecule has 182 valence electrons. The third-order valence-electron chi connectivity index (χ3n) is 6.07. The average Bonchev–Trinajstić information content (AvgIpc) is 3.29. The van der Waals surface area contributed by atoms with Gasteiger partial charge < -0.3 is 14.2 Å². The number of carbonyl (C=O) groups is 1. The summed E-state index contributed by atoms with van der Waals surface area (Å²) in [5, 5.41) is 4.12. The second-order valence-electron chi connectivity index (χ2n) is 8.44. The fraction of sp³-hybridized carbons (Fsp3) is 0.591. The lowest BCUT2D eigenvalue weighted by Gasteiger charge is -2.41. The highest BCUT2D eigenvalue weighted by Gasteiger charge is 2.46. The van der Waals surface area contributed by atoms with Crippen LogP contribution in [0.15, 0.2) is 36.9 Å². The molecule has 1 aromatic carbocycles. The van der Waals surface area contributed by atoms with Gasteiger partial charge in [-0.3, -0.25) is 9.48 Å². The smallest absolute Gasteiger partial charge is 0.461 e. The molecule has 1 saturated carbocycles. The number of ether oxygens (including phenoxy) is 3. The molecule has 0 unspecified atom stereocenters. The third kappa shape index (κ3) is 6.21. The first-order chi connectivity index (χ1) is 15.6. The fourth-order valence-electron chi connectivity index (χ4n) is 4.03. The van der Waals surface area contributed by atoms with Crippen molar-refractivity contribution in [1.29, 1.82) is 0 Å². The Balaban J connectivity index is 1.66. The zero-order valence-corrected chi connectivity index (χ0v) is 18.4. The van der Waals surface area contributed by atoms with Gasteiger partial charge in [0.1, 0.15) is 29.9 Å². The van der Waals surface area contributed by atoms with Gasteiger partial charge in [-0.1, -0.05) is 6.92 Å². The van der Waals surface area contributed by atoms with Gasteiger partial charge >= 0.3 is 12.5 Å². The molecule has 0 N–H and O–H groups in total. The van der Waals surface area contributed by atoms with Crippen LogP contribution in [0.4, 0.5) is 17.6 Å². The highest BCUT2D eigenvalue weighted by Crippen LogP contribution is 2.42. The molecule has 1 heterocycles. The standard InChI is InChI=1S/C22H27F4N3O4/c1-21(9-10-31-2)8-7-15(18(19(21)30)11-29-14-27-13-28-29)12-32-16-3-5-17(6-4-16)33-22(25,26)20(23)24/h3-6,13-15,18,20H,7-12H2,1-2H3/t15-,18-,21-/m0/s1. The van der Waals surface area contributed by atoms with E-state index in [4.69, 9.17) is 9.47 Å². The van der Waals surface area contributed by atoms with E-state index >= 15 is 0 Å². The second kappa shape index (κ2) is 10.5. The van der Waals surface area contributed by atoms with Crippen LogP contribution < -0.4 is 9.47 Å². The number of aromatic nitrogens is 3. The summed E-state index contributed by atoms with van der Waals surface area (Å²) in [5.74, 6) is -0.389. The quantitative estimate of drug-likeness (QED) is 0.455. The molecule has 7 nitrogen and oxygen atoms in total. The molecule has 1 aliphatic carbocycles. The van der Waals surface area contributed by atoms with Crippen LogP contribution in [0.1, 0.15) is 26.2 Å².